The number of hydrogen-bond donors (Lipinski definition) is 1. The van der Waals surface area contributed by atoms with Crippen LogP contribution in [0.1, 0.15) is 92.3 Å². The van der Waals surface area contributed by atoms with Crippen LogP contribution in [0.3, 0.4) is 0 Å². The molecule has 0 radical (unpaired) electrons. The Hall–Kier alpha value is -2.03. The molecule has 166 valence electrons. The Morgan fingerprint density at radius 2 is 1.73 bits per heavy atom. The Kier molecular flexibility index (Phi) is 6.39. The van der Waals surface area contributed by atoms with Crippen molar-refractivity contribution in [2.75, 3.05) is 6.61 Å². The summed E-state index contributed by atoms with van der Waals surface area (Å²) in [6.07, 6.45) is 6.38. The standard InChI is InChI=1S/C27H40O3/c1-11-30-23-20(25(6,7)8)15-19(24(3,4)5)16-21(23)27(10)17-26(27,9)13-12-18(2)14-22(28)29/h12-16H,11,17H2,1-10H3,(H,28,29)/b13-12+,18-14+/t26?,27-/m0/s1. The Labute approximate surface area is 183 Å². The van der Waals surface area contributed by atoms with Gasteiger partial charge in [-0.05, 0) is 47.6 Å². The van der Waals surface area contributed by atoms with Crippen LogP contribution in [0, 0.1) is 5.41 Å². The van der Waals surface area contributed by atoms with E-state index in [1.54, 1.807) is 0 Å². The second-order valence-electron chi connectivity index (χ2n) is 11.3. The van der Waals surface area contributed by atoms with Gasteiger partial charge in [-0.25, -0.2) is 4.79 Å². The van der Waals surface area contributed by atoms with E-state index in [9.17, 15) is 4.79 Å². The van der Waals surface area contributed by atoms with Gasteiger partial charge in [0, 0.05) is 22.6 Å². The van der Waals surface area contributed by atoms with Crippen LogP contribution in [0.15, 0.2) is 35.9 Å². The lowest BCUT2D eigenvalue weighted by molar-refractivity contribution is -0.131. The van der Waals surface area contributed by atoms with Gasteiger partial charge < -0.3 is 9.84 Å². The molecule has 1 aliphatic carbocycles. The molecule has 0 aromatic heterocycles. The summed E-state index contributed by atoms with van der Waals surface area (Å²) in [6, 6.07) is 4.67. The first kappa shape index (κ1) is 24.2. The number of rotatable bonds is 6. The molecule has 2 atom stereocenters. The van der Waals surface area contributed by atoms with E-state index in [-0.39, 0.29) is 21.7 Å². The lowest BCUT2D eigenvalue weighted by Crippen LogP contribution is -2.22. The number of ether oxygens (including phenoxy) is 1. The van der Waals surface area contributed by atoms with Crippen molar-refractivity contribution in [3.63, 3.8) is 0 Å². The van der Waals surface area contributed by atoms with Gasteiger partial charge in [-0.15, -0.1) is 0 Å². The third-order valence-corrected chi connectivity index (χ3v) is 6.57. The summed E-state index contributed by atoms with van der Waals surface area (Å²) in [5.74, 6) is 0.114. The molecule has 1 saturated carbocycles. The highest BCUT2D eigenvalue weighted by Crippen LogP contribution is 2.67. The molecular weight excluding hydrogens is 372 g/mol. The molecule has 0 bridgehead atoms. The van der Waals surface area contributed by atoms with Crippen LogP contribution in [0.4, 0.5) is 0 Å². The molecule has 0 heterocycles. The Bertz CT molecular complexity index is 877. The first-order chi connectivity index (χ1) is 13.5. The fourth-order valence-electron chi connectivity index (χ4n) is 4.22. The third-order valence-electron chi connectivity index (χ3n) is 6.57. The van der Waals surface area contributed by atoms with Crippen molar-refractivity contribution >= 4 is 5.97 Å². The third kappa shape index (κ3) is 4.82. The molecule has 1 aromatic rings. The number of aliphatic carboxylic acids is 1. The summed E-state index contributed by atoms with van der Waals surface area (Å²) in [5, 5.41) is 8.99. The number of carbonyl (C=O) groups is 1. The zero-order chi connectivity index (χ0) is 23.1. The molecule has 1 unspecified atom stereocenters. The molecule has 0 saturated heterocycles. The van der Waals surface area contributed by atoms with Crippen molar-refractivity contribution in [2.45, 2.75) is 91.9 Å². The van der Waals surface area contributed by atoms with Crippen molar-refractivity contribution in [1.29, 1.82) is 0 Å². The molecular formula is C27H40O3. The summed E-state index contributed by atoms with van der Waals surface area (Å²) in [6.45, 7) is 22.6. The molecule has 1 aliphatic rings. The van der Waals surface area contributed by atoms with E-state index in [1.165, 1.54) is 22.8 Å². The molecule has 1 N–H and O–H groups in total. The zero-order valence-electron chi connectivity index (χ0n) is 20.6. The average Bonchev–Trinajstić information content (AvgIpc) is 3.13. The largest absolute Gasteiger partial charge is 0.493 e. The highest BCUT2D eigenvalue weighted by Gasteiger charge is 2.61. The summed E-state index contributed by atoms with van der Waals surface area (Å²) in [5.41, 5.74) is 4.52. The minimum atomic E-state index is -0.910. The Morgan fingerprint density at radius 1 is 1.13 bits per heavy atom. The molecule has 1 fully saturated rings. The lowest BCUT2D eigenvalue weighted by Gasteiger charge is -2.31. The van der Waals surface area contributed by atoms with Gasteiger partial charge in [0.2, 0.25) is 0 Å². The number of benzene rings is 1. The number of carboxylic acids is 1. The molecule has 3 nitrogen and oxygen atoms in total. The van der Waals surface area contributed by atoms with Gasteiger partial charge in [-0.3, -0.25) is 0 Å². The van der Waals surface area contributed by atoms with Crippen molar-refractivity contribution in [2.24, 2.45) is 5.41 Å². The second-order valence-corrected chi connectivity index (χ2v) is 11.3. The van der Waals surface area contributed by atoms with Gasteiger partial charge in [0.05, 0.1) is 6.61 Å². The molecule has 0 amide bonds. The molecule has 1 aromatic carbocycles. The van der Waals surface area contributed by atoms with Crippen molar-refractivity contribution in [1.82, 2.24) is 0 Å². The smallest absolute Gasteiger partial charge is 0.328 e. The fourth-order valence-corrected chi connectivity index (χ4v) is 4.22. The molecule has 3 heteroatoms. The minimum absolute atomic E-state index is 0.0290. The van der Waals surface area contributed by atoms with Crippen LogP contribution < -0.4 is 4.74 Å². The molecule has 0 spiro atoms. The van der Waals surface area contributed by atoms with E-state index in [2.05, 4.69) is 73.6 Å². The quantitative estimate of drug-likeness (QED) is 0.407. The zero-order valence-corrected chi connectivity index (χ0v) is 20.6. The van der Waals surface area contributed by atoms with Crippen LogP contribution in [0.2, 0.25) is 0 Å². The topological polar surface area (TPSA) is 46.5 Å². The minimum Gasteiger partial charge on any atom is -0.493 e. The monoisotopic (exact) mass is 412 g/mol. The average molecular weight is 413 g/mol. The first-order valence-electron chi connectivity index (χ1n) is 11.0. The summed E-state index contributed by atoms with van der Waals surface area (Å²) >= 11 is 0. The molecule has 2 rings (SSSR count). The normalized spacial score (nSPS) is 24.9. The van der Waals surface area contributed by atoms with Gasteiger partial charge in [0.15, 0.2) is 0 Å². The fraction of sp³-hybridized carbons (Fsp3) is 0.593. The van der Waals surface area contributed by atoms with Gasteiger partial charge in [0.25, 0.3) is 0 Å². The molecule has 0 aliphatic heterocycles. The number of carboxylic acid groups (broad SMARTS) is 1. The van der Waals surface area contributed by atoms with E-state index in [1.807, 2.05) is 19.9 Å². The summed E-state index contributed by atoms with van der Waals surface area (Å²) in [4.78, 5) is 11.0. The van der Waals surface area contributed by atoms with E-state index in [0.29, 0.717) is 6.61 Å². The van der Waals surface area contributed by atoms with E-state index >= 15 is 0 Å². The van der Waals surface area contributed by atoms with Crippen molar-refractivity contribution in [3.8, 4) is 5.75 Å². The van der Waals surface area contributed by atoms with Crippen LogP contribution in [-0.4, -0.2) is 17.7 Å². The van der Waals surface area contributed by atoms with E-state index < -0.39 is 5.97 Å². The van der Waals surface area contributed by atoms with Crippen molar-refractivity contribution in [3.05, 3.63) is 52.6 Å². The van der Waals surface area contributed by atoms with Crippen LogP contribution in [0.25, 0.3) is 0 Å². The Balaban J connectivity index is 2.65. The first-order valence-corrected chi connectivity index (χ1v) is 11.0. The van der Waals surface area contributed by atoms with Gasteiger partial charge >= 0.3 is 5.97 Å². The van der Waals surface area contributed by atoms with Crippen LogP contribution in [0.5, 0.6) is 5.75 Å². The van der Waals surface area contributed by atoms with Crippen molar-refractivity contribution < 1.29 is 14.6 Å². The predicted molar refractivity (Wildman–Crippen MR) is 126 cm³/mol. The van der Waals surface area contributed by atoms with Crippen LogP contribution in [-0.2, 0) is 21.0 Å². The maximum absolute atomic E-state index is 11.0. The Morgan fingerprint density at radius 3 is 2.20 bits per heavy atom. The van der Waals surface area contributed by atoms with E-state index in [0.717, 1.165) is 17.7 Å². The number of hydrogen-bond acceptors (Lipinski definition) is 2. The van der Waals surface area contributed by atoms with Gasteiger partial charge in [0.1, 0.15) is 5.75 Å². The van der Waals surface area contributed by atoms with Gasteiger partial charge in [-0.2, -0.15) is 0 Å². The maximum Gasteiger partial charge on any atom is 0.328 e. The predicted octanol–water partition coefficient (Wildman–Crippen LogP) is 6.94. The SMILES string of the molecule is CCOc1c(C(C)(C)C)cc(C(C)(C)C)cc1[C@]1(C)CC1(C)/C=C/C(C)=C/C(=O)O. The maximum atomic E-state index is 11.0. The highest BCUT2D eigenvalue weighted by atomic mass is 16.5. The second kappa shape index (κ2) is 7.90. The molecule has 30 heavy (non-hydrogen) atoms. The van der Waals surface area contributed by atoms with Gasteiger partial charge in [-0.1, -0.05) is 79.7 Å². The highest BCUT2D eigenvalue weighted by molar-refractivity contribution is 5.81. The lowest BCUT2D eigenvalue weighted by atomic mass is 9.75. The van der Waals surface area contributed by atoms with Crippen LogP contribution >= 0.6 is 0 Å². The summed E-state index contributed by atoms with van der Waals surface area (Å²) < 4.78 is 6.29. The number of allylic oxidation sites excluding steroid dienone is 3. The summed E-state index contributed by atoms with van der Waals surface area (Å²) in [7, 11) is 0. The van der Waals surface area contributed by atoms with E-state index in [4.69, 9.17) is 9.84 Å².